The number of imidazole rings is 1. The minimum atomic E-state index is 0.203. The zero-order valence-electron chi connectivity index (χ0n) is 20.3. The van der Waals surface area contributed by atoms with Gasteiger partial charge in [-0.2, -0.15) is 9.97 Å². The first-order chi connectivity index (χ1) is 17.6. The fourth-order valence-corrected chi connectivity index (χ4v) is 4.46. The van der Waals surface area contributed by atoms with Crippen LogP contribution in [0, 0.1) is 0 Å². The van der Waals surface area contributed by atoms with E-state index < -0.39 is 0 Å². The predicted molar refractivity (Wildman–Crippen MR) is 145 cm³/mol. The molecule has 2 N–H and O–H groups in total. The molecule has 36 heavy (non-hydrogen) atoms. The minimum Gasteiger partial charge on any atom is -0.423 e. The van der Waals surface area contributed by atoms with Gasteiger partial charge >= 0.3 is 6.01 Å². The van der Waals surface area contributed by atoms with Gasteiger partial charge in [0.2, 0.25) is 0 Å². The number of aryl methyl sites for hydroxylation is 1. The van der Waals surface area contributed by atoms with Crippen LogP contribution in [0.4, 0.5) is 11.6 Å². The molecule has 0 bridgehead atoms. The summed E-state index contributed by atoms with van der Waals surface area (Å²) in [6, 6.07) is 5.98. The van der Waals surface area contributed by atoms with Crippen LogP contribution in [0.25, 0.3) is 6.08 Å². The molecule has 2 aromatic heterocycles. The highest BCUT2D eigenvalue weighted by Gasteiger charge is 2.18. The van der Waals surface area contributed by atoms with Crippen molar-refractivity contribution < 1.29 is 4.74 Å². The molecule has 8 nitrogen and oxygen atoms in total. The van der Waals surface area contributed by atoms with Crippen LogP contribution in [0.2, 0.25) is 5.02 Å². The van der Waals surface area contributed by atoms with E-state index >= 15 is 0 Å². The summed E-state index contributed by atoms with van der Waals surface area (Å²) >= 11 is 6.69. The van der Waals surface area contributed by atoms with Gasteiger partial charge in [-0.1, -0.05) is 41.5 Å². The maximum atomic E-state index is 6.69. The van der Waals surface area contributed by atoms with Crippen LogP contribution < -0.4 is 15.4 Å². The van der Waals surface area contributed by atoms with E-state index in [9.17, 15) is 0 Å². The highest BCUT2D eigenvalue weighted by molar-refractivity contribution is 6.33. The van der Waals surface area contributed by atoms with E-state index in [1.807, 2.05) is 60.4 Å². The highest BCUT2D eigenvalue weighted by atomic mass is 35.5. The number of allylic oxidation sites excluding steroid dienone is 2. The lowest BCUT2D eigenvalue weighted by molar-refractivity contribution is 0.443. The van der Waals surface area contributed by atoms with Crippen LogP contribution in [0.1, 0.15) is 31.4 Å². The first kappa shape index (κ1) is 23.8. The van der Waals surface area contributed by atoms with E-state index in [0.717, 1.165) is 42.9 Å². The molecular formula is C27H28ClN7O. The number of fused-ring (bicyclic) bond motifs is 1. The van der Waals surface area contributed by atoms with Crippen LogP contribution in [0.15, 0.2) is 71.3 Å². The highest BCUT2D eigenvalue weighted by Crippen LogP contribution is 2.38. The molecule has 9 heteroatoms. The molecule has 0 fully saturated rings. The summed E-state index contributed by atoms with van der Waals surface area (Å²) in [6.07, 6.45) is 15.5. The maximum Gasteiger partial charge on any atom is 0.325 e. The Morgan fingerprint density at radius 2 is 2.08 bits per heavy atom. The third-order valence-electron chi connectivity index (χ3n) is 5.85. The molecule has 3 heterocycles. The second-order valence-electron chi connectivity index (χ2n) is 8.77. The van der Waals surface area contributed by atoms with Crippen molar-refractivity contribution in [2.24, 2.45) is 4.99 Å². The predicted octanol–water partition coefficient (Wildman–Crippen LogP) is 5.91. The van der Waals surface area contributed by atoms with E-state index in [4.69, 9.17) is 16.3 Å². The van der Waals surface area contributed by atoms with Gasteiger partial charge in [0.05, 0.1) is 17.9 Å². The fourth-order valence-electron chi connectivity index (χ4n) is 4.19. The Bertz CT molecular complexity index is 1370. The molecule has 2 aliphatic rings. The van der Waals surface area contributed by atoms with Crippen LogP contribution in [-0.4, -0.2) is 38.4 Å². The lowest BCUT2D eigenvalue weighted by Gasteiger charge is -2.13. The quantitative estimate of drug-likeness (QED) is 0.354. The van der Waals surface area contributed by atoms with Gasteiger partial charge in [0, 0.05) is 37.1 Å². The number of rotatable bonds is 9. The van der Waals surface area contributed by atoms with E-state index in [-0.39, 0.29) is 6.01 Å². The van der Waals surface area contributed by atoms with Crippen molar-refractivity contribution >= 4 is 35.1 Å². The number of hydrogen-bond acceptors (Lipinski definition) is 7. The standard InChI is InChI=1S/C27H28ClN7O/c1-3-5-19-14-23(31-16-19)32-25-15-24(30-8-4-10-35-11-9-29-17-35)33-27(34-25)36-22-7-6-20-12-18(2)13-21(20)26(22)28/h3,5-7,9,11,13-15,17H,4,8,10,12,16H2,1-2H3,(H2,30,31,32,33,34)/b5-3+. The zero-order valence-corrected chi connectivity index (χ0v) is 21.1. The molecule has 184 valence electrons. The van der Waals surface area contributed by atoms with Crippen molar-refractivity contribution in [2.75, 3.05) is 23.7 Å². The van der Waals surface area contributed by atoms with Gasteiger partial charge in [-0.3, -0.25) is 4.99 Å². The Morgan fingerprint density at radius 1 is 1.19 bits per heavy atom. The monoisotopic (exact) mass is 501 g/mol. The number of hydrogen-bond donors (Lipinski definition) is 2. The molecule has 0 amide bonds. The summed E-state index contributed by atoms with van der Waals surface area (Å²) in [5.41, 5.74) is 4.61. The average molecular weight is 502 g/mol. The van der Waals surface area contributed by atoms with Gasteiger partial charge in [0.15, 0.2) is 0 Å². The summed E-state index contributed by atoms with van der Waals surface area (Å²) in [5, 5.41) is 7.23. The molecule has 1 aliphatic heterocycles. The van der Waals surface area contributed by atoms with Crippen LogP contribution >= 0.6 is 11.6 Å². The van der Waals surface area contributed by atoms with E-state index in [1.54, 1.807) is 6.20 Å². The fraction of sp³-hybridized carbons (Fsp3) is 0.259. The summed E-state index contributed by atoms with van der Waals surface area (Å²) < 4.78 is 8.14. The molecule has 1 aliphatic carbocycles. The number of amidine groups is 1. The topological polar surface area (TPSA) is 89.2 Å². The Balaban J connectivity index is 1.35. The second-order valence-corrected chi connectivity index (χ2v) is 9.15. The molecule has 0 spiro atoms. The summed E-state index contributed by atoms with van der Waals surface area (Å²) in [5.74, 6) is 2.51. The van der Waals surface area contributed by atoms with Gasteiger partial charge in [-0.25, -0.2) is 4.98 Å². The van der Waals surface area contributed by atoms with Gasteiger partial charge in [0.25, 0.3) is 0 Å². The van der Waals surface area contributed by atoms with Crippen molar-refractivity contribution in [2.45, 2.75) is 33.2 Å². The normalized spacial score (nSPS) is 14.5. The van der Waals surface area contributed by atoms with Gasteiger partial charge in [0.1, 0.15) is 23.2 Å². The van der Waals surface area contributed by atoms with Crippen molar-refractivity contribution in [3.05, 3.63) is 82.4 Å². The molecule has 3 aromatic rings. The molecule has 0 radical (unpaired) electrons. The number of halogens is 1. The first-order valence-corrected chi connectivity index (χ1v) is 12.3. The number of benzene rings is 1. The largest absolute Gasteiger partial charge is 0.423 e. The number of nitrogens with zero attached hydrogens (tertiary/aromatic N) is 5. The smallest absolute Gasteiger partial charge is 0.325 e. The van der Waals surface area contributed by atoms with E-state index in [0.29, 0.717) is 29.0 Å². The summed E-state index contributed by atoms with van der Waals surface area (Å²) in [6.45, 7) is 6.32. The molecule has 1 aromatic carbocycles. The third kappa shape index (κ3) is 5.66. The van der Waals surface area contributed by atoms with E-state index in [1.165, 1.54) is 11.1 Å². The number of nitrogens with one attached hydrogen (secondary N) is 2. The SMILES string of the molecule is C/C=C/C1=CC(Nc2cc(NCCCn3ccnc3)nc(Oc3ccc4c(c3Cl)C=C(C)C4)n2)=NC1. The lowest BCUT2D eigenvalue weighted by Crippen LogP contribution is -2.12. The van der Waals surface area contributed by atoms with Crippen LogP contribution in [0.5, 0.6) is 11.8 Å². The van der Waals surface area contributed by atoms with Gasteiger partial charge in [-0.05, 0) is 50.0 Å². The Labute approximate surface area is 215 Å². The minimum absolute atomic E-state index is 0.203. The summed E-state index contributed by atoms with van der Waals surface area (Å²) in [7, 11) is 0. The zero-order chi connectivity index (χ0) is 24.9. The van der Waals surface area contributed by atoms with Crippen LogP contribution in [-0.2, 0) is 13.0 Å². The number of aliphatic imine (C=N–C) groups is 1. The third-order valence-corrected chi connectivity index (χ3v) is 6.24. The Morgan fingerprint density at radius 3 is 2.92 bits per heavy atom. The first-order valence-electron chi connectivity index (χ1n) is 12.0. The van der Waals surface area contributed by atoms with Crippen molar-refractivity contribution in [3.63, 3.8) is 0 Å². The average Bonchev–Trinajstić information content (AvgIpc) is 3.61. The van der Waals surface area contributed by atoms with Crippen molar-refractivity contribution in [1.82, 2.24) is 19.5 Å². The second kappa shape index (κ2) is 10.8. The molecule has 0 atom stereocenters. The van der Waals surface area contributed by atoms with Gasteiger partial charge < -0.3 is 19.9 Å². The molecular weight excluding hydrogens is 474 g/mol. The Kier molecular flexibility index (Phi) is 7.13. The maximum absolute atomic E-state index is 6.69. The Hall–Kier alpha value is -3.91. The summed E-state index contributed by atoms with van der Waals surface area (Å²) in [4.78, 5) is 17.8. The van der Waals surface area contributed by atoms with Gasteiger partial charge in [-0.15, -0.1) is 0 Å². The lowest BCUT2D eigenvalue weighted by atomic mass is 10.1. The molecule has 0 unspecified atom stereocenters. The number of anilines is 2. The molecule has 5 rings (SSSR count). The van der Waals surface area contributed by atoms with Crippen molar-refractivity contribution in [1.29, 1.82) is 0 Å². The van der Waals surface area contributed by atoms with Crippen molar-refractivity contribution in [3.8, 4) is 11.8 Å². The van der Waals surface area contributed by atoms with E-state index in [2.05, 4.69) is 43.6 Å². The molecule has 0 saturated heterocycles. The molecule has 0 saturated carbocycles. The number of ether oxygens (including phenoxy) is 1. The number of aromatic nitrogens is 4. The van der Waals surface area contributed by atoms with Crippen LogP contribution in [0.3, 0.4) is 0 Å².